The van der Waals surface area contributed by atoms with Crippen molar-refractivity contribution in [3.05, 3.63) is 112 Å². The standard InChI is InChI=1S/C31H31ClN4O3.C2HF3O2/c32-26-15-13-24(14-16-26)30(38)36-21-25-6-1-2-7-27(25)35(31(39)28(36)8-5-17-33)20-22-9-11-23(12-10-22)29(37)34-18-3-4-19-34;3-2(4,5)1(6)7/h1-3,6-7,9-16,18,28H,4-5,8,17,19-21,33H2;(H,6,7). The van der Waals surface area contributed by atoms with Gasteiger partial charge in [-0.2, -0.15) is 13.2 Å². The second-order valence-corrected chi connectivity index (χ2v) is 11.0. The van der Waals surface area contributed by atoms with Crippen LogP contribution in [0.5, 0.6) is 0 Å². The van der Waals surface area contributed by atoms with Gasteiger partial charge in [0, 0.05) is 41.1 Å². The summed E-state index contributed by atoms with van der Waals surface area (Å²) in [6.45, 7) is 1.72. The van der Waals surface area contributed by atoms with Crippen molar-refractivity contribution >= 4 is 41.0 Å². The molecular formula is C33H32ClF3N4O5. The van der Waals surface area contributed by atoms with Crippen LogP contribution in [0.2, 0.25) is 5.02 Å². The van der Waals surface area contributed by atoms with Crippen molar-refractivity contribution in [2.45, 2.75) is 44.6 Å². The van der Waals surface area contributed by atoms with Gasteiger partial charge in [-0.1, -0.05) is 48.0 Å². The summed E-state index contributed by atoms with van der Waals surface area (Å²) >= 11 is 6.05. The van der Waals surface area contributed by atoms with Crippen LogP contribution in [0.4, 0.5) is 18.9 Å². The predicted molar refractivity (Wildman–Crippen MR) is 166 cm³/mol. The fourth-order valence-electron chi connectivity index (χ4n) is 5.12. The van der Waals surface area contributed by atoms with Crippen LogP contribution in [0.3, 0.4) is 0 Å². The van der Waals surface area contributed by atoms with Crippen LogP contribution >= 0.6 is 11.6 Å². The number of fused-ring (bicyclic) bond motifs is 1. The Morgan fingerprint density at radius 1 is 0.935 bits per heavy atom. The first kappa shape index (κ1) is 34.2. The van der Waals surface area contributed by atoms with Gasteiger partial charge in [-0.15, -0.1) is 0 Å². The number of hydrogen-bond donors (Lipinski definition) is 2. The van der Waals surface area contributed by atoms with E-state index in [1.54, 1.807) is 51.1 Å². The number of para-hydroxylation sites is 1. The lowest BCUT2D eigenvalue weighted by molar-refractivity contribution is -0.192. The van der Waals surface area contributed by atoms with E-state index in [9.17, 15) is 27.6 Å². The molecule has 1 unspecified atom stereocenters. The van der Waals surface area contributed by atoms with Gasteiger partial charge in [0.1, 0.15) is 6.04 Å². The molecule has 242 valence electrons. The Kier molecular flexibility index (Phi) is 11.2. The third kappa shape index (κ3) is 8.32. The number of amides is 3. The lowest BCUT2D eigenvalue weighted by atomic mass is 10.1. The van der Waals surface area contributed by atoms with E-state index < -0.39 is 18.2 Å². The highest BCUT2D eigenvalue weighted by Gasteiger charge is 2.39. The molecule has 0 radical (unpaired) electrons. The van der Waals surface area contributed by atoms with Crippen LogP contribution < -0.4 is 10.6 Å². The summed E-state index contributed by atoms with van der Waals surface area (Å²) in [6.07, 6.45) is 0.643. The fraction of sp³-hybridized carbons (Fsp3) is 0.273. The summed E-state index contributed by atoms with van der Waals surface area (Å²) < 4.78 is 31.7. The number of halogens is 4. The van der Waals surface area contributed by atoms with Gasteiger partial charge in [0.2, 0.25) is 5.91 Å². The molecule has 13 heteroatoms. The Morgan fingerprint density at radius 3 is 2.13 bits per heavy atom. The van der Waals surface area contributed by atoms with Crippen LogP contribution in [0.25, 0.3) is 0 Å². The van der Waals surface area contributed by atoms with Crippen LogP contribution in [-0.4, -0.2) is 63.9 Å². The van der Waals surface area contributed by atoms with E-state index in [1.165, 1.54) is 0 Å². The number of nitrogens with two attached hydrogens (primary N) is 1. The molecule has 2 heterocycles. The number of carboxylic acids is 1. The molecule has 0 aromatic heterocycles. The molecule has 0 bridgehead atoms. The molecule has 0 spiro atoms. The number of hydrogen-bond acceptors (Lipinski definition) is 5. The lowest BCUT2D eigenvalue weighted by Crippen LogP contribution is -2.48. The first-order valence-electron chi connectivity index (χ1n) is 14.4. The SMILES string of the molecule is NCCCC1C(=O)N(Cc2ccc(C(=O)N3C=CCC3)cc2)c2ccccc2CN1C(=O)c1ccc(Cl)cc1.O=C(O)C(F)(F)F. The molecule has 0 fully saturated rings. The molecular weight excluding hydrogens is 625 g/mol. The van der Waals surface area contributed by atoms with Crippen LogP contribution in [0.1, 0.15) is 51.1 Å². The molecule has 2 aliphatic heterocycles. The van der Waals surface area contributed by atoms with Crippen molar-refractivity contribution in [2.75, 3.05) is 18.0 Å². The highest BCUT2D eigenvalue weighted by atomic mass is 35.5. The first-order chi connectivity index (χ1) is 21.9. The number of carbonyl (C=O) groups is 4. The summed E-state index contributed by atoms with van der Waals surface area (Å²) in [5.41, 5.74) is 9.46. The predicted octanol–water partition coefficient (Wildman–Crippen LogP) is 5.63. The number of carboxylic acid groups (broad SMARTS) is 1. The zero-order valence-corrected chi connectivity index (χ0v) is 25.4. The average Bonchev–Trinajstić information content (AvgIpc) is 3.55. The molecule has 46 heavy (non-hydrogen) atoms. The van der Waals surface area contributed by atoms with Gasteiger partial charge in [-0.25, -0.2) is 4.79 Å². The maximum absolute atomic E-state index is 14.2. The van der Waals surface area contributed by atoms with Crippen LogP contribution in [-0.2, 0) is 22.7 Å². The number of rotatable bonds is 7. The highest BCUT2D eigenvalue weighted by Crippen LogP contribution is 2.32. The molecule has 3 N–H and O–H groups in total. The number of anilines is 1. The van der Waals surface area contributed by atoms with E-state index in [0.29, 0.717) is 55.2 Å². The Labute approximate surface area is 268 Å². The van der Waals surface area contributed by atoms with Crippen LogP contribution in [0.15, 0.2) is 85.1 Å². The van der Waals surface area contributed by atoms with E-state index in [1.807, 2.05) is 48.7 Å². The van der Waals surface area contributed by atoms with E-state index in [0.717, 1.165) is 23.2 Å². The second-order valence-electron chi connectivity index (χ2n) is 10.6. The van der Waals surface area contributed by atoms with Crippen molar-refractivity contribution in [1.29, 1.82) is 0 Å². The van der Waals surface area contributed by atoms with Crippen molar-refractivity contribution in [3.63, 3.8) is 0 Å². The second kappa shape index (κ2) is 15.1. The van der Waals surface area contributed by atoms with Crippen molar-refractivity contribution in [2.24, 2.45) is 5.73 Å². The van der Waals surface area contributed by atoms with Gasteiger partial charge >= 0.3 is 12.1 Å². The lowest BCUT2D eigenvalue weighted by Gasteiger charge is -2.31. The minimum absolute atomic E-state index is 0.0373. The first-order valence-corrected chi connectivity index (χ1v) is 14.8. The number of aliphatic carboxylic acids is 1. The van der Waals surface area contributed by atoms with Gasteiger partial charge in [0.25, 0.3) is 11.8 Å². The Bertz CT molecular complexity index is 1600. The molecule has 3 aromatic rings. The number of carbonyl (C=O) groups excluding carboxylic acids is 3. The van der Waals surface area contributed by atoms with Crippen LogP contribution in [0, 0.1) is 0 Å². The Hall–Kier alpha value is -4.68. The largest absolute Gasteiger partial charge is 0.490 e. The minimum atomic E-state index is -5.08. The summed E-state index contributed by atoms with van der Waals surface area (Å²) in [5, 5.41) is 7.67. The molecule has 2 aliphatic rings. The van der Waals surface area contributed by atoms with E-state index in [4.69, 9.17) is 27.2 Å². The van der Waals surface area contributed by atoms with Gasteiger partial charge in [0.05, 0.1) is 6.54 Å². The molecule has 0 saturated heterocycles. The third-order valence-electron chi connectivity index (χ3n) is 7.45. The average molecular weight is 657 g/mol. The molecule has 0 aliphatic carbocycles. The van der Waals surface area contributed by atoms with E-state index in [2.05, 4.69) is 0 Å². The zero-order valence-electron chi connectivity index (χ0n) is 24.6. The molecule has 3 amide bonds. The summed E-state index contributed by atoms with van der Waals surface area (Å²) in [6, 6.07) is 21.1. The number of nitrogens with zero attached hydrogens (tertiary/aromatic N) is 3. The summed E-state index contributed by atoms with van der Waals surface area (Å²) in [7, 11) is 0. The normalized spacial score (nSPS) is 16.0. The summed E-state index contributed by atoms with van der Waals surface area (Å²) in [5.74, 6) is -3.17. The number of benzene rings is 3. The monoisotopic (exact) mass is 656 g/mol. The fourth-order valence-corrected chi connectivity index (χ4v) is 5.25. The summed E-state index contributed by atoms with van der Waals surface area (Å²) in [4.78, 5) is 54.6. The van der Waals surface area contributed by atoms with Crippen molar-refractivity contribution in [1.82, 2.24) is 9.80 Å². The quantitative estimate of drug-likeness (QED) is 0.340. The van der Waals surface area contributed by atoms with Gasteiger partial charge in [-0.05, 0) is 79.4 Å². The van der Waals surface area contributed by atoms with Crippen molar-refractivity contribution < 1.29 is 37.5 Å². The minimum Gasteiger partial charge on any atom is -0.475 e. The highest BCUT2D eigenvalue weighted by molar-refractivity contribution is 6.30. The Morgan fingerprint density at radius 2 is 1.54 bits per heavy atom. The third-order valence-corrected chi connectivity index (χ3v) is 7.70. The molecule has 3 aromatic carbocycles. The van der Waals surface area contributed by atoms with Gasteiger partial charge in [0.15, 0.2) is 0 Å². The maximum atomic E-state index is 14.2. The van der Waals surface area contributed by atoms with E-state index >= 15 is 0 Å². The van der Waals surface area contributed by atoms with Gasteiger partial charge in [-0.3, -0.25) is 14.4 Å². The molecule has 0 saturated carbocycles. The molecule has 5 rings (SSSR count). The molecule has 9 nitrogen and oxygen atoms in total. The smallest absolute Gasteiger partial charge is 0.475 e. The maximum Gasteiger partial charge on any atom is 0.490 e. The zero-order chi connectivity index (χ0) is 33.4. The van der Waals surface area contributed by atoms with E-state index in [-0.39, 0.29) is 17.7 Å². The molecule has 1 atom stereocenters. The number of alkyl halides is 3. The van der Waals surface area contributed by atoms with Gasteiger partial charge < -0.3 is 25.5 Å². The van der Waals surface area contributed by atoms with Crippen molar-refractivity contribution in [3.8, 4) is 0 Å². The Balaban J connectivity index is 0.000000617. The topological polar surface area (TPSA) is 124 Å².